The normalized spacial score (nSPS) is 11.7. The monoisotopic (exact) mass is 381 g/mol. The lowest BCUT2D eigenvalue weighted by Gasteiger charge is -2.13. The summed E-state index contributed by atoms with van der Waals surface area (Å²) in [6.07, 6.45) is -4.51. The van der Waals surface area contributed by atoms with Crippen LogP contribution >= 0.6 is 15.9 Å². The van der Waals surface area contributed by atoms with E-state index in [0.717, 1.165) is 6.07 Å². The molecule has 2 nitrogen and oxygen atoms in total. The minimum Gasteiger partial charge on any atom is -0.489 e. The van der Waals surface area contributed by atoms with E-state index in [1.807, 2.05) is 6.07 Å². The van der Waals surface area contributed by atoms with Crippen LogP contribution in [0.4, 0.5) is 13.2 Å². The van der Waals surface area contributed by atoms with Crippen LogP contribution in [0.25, 0.3) is 10.9 Å². The summed E-state index contributed by atoms with van der Waals surface area (Å²) in [5, 5.41) is 0.628. The van der Waals surface area contributed by atoms with E-state index in [-0.39, 0.29) is 12.1 Å². The van der Waals surface area contributed by atoms with E-state index < -0.39 is 11.9 Å². The van der Waals surface area contributed by atoms with Gasteiger partial charge in [-0.05, 0) is 40.2 Å². The number of benzene rings is 2. The lowest BCUT2D eigenvalue weighted by atomic mass is 10.1. The minimum atomic E-state index is -4.51. The number of aromatic nitrogens is 1. The summed E-state index contributed by atoms with van der Waals surface area (Å²) in [4.78, 5) is 3.73. The van der Waals surface area contributed by atoms with Crippen LogP contribution in [0.15, 0.2) is 59.1 Å². The SMILES string of the molecule is FC(F)(F)c1cc(COc2ccccc2)c2cccc(Br)c2n1. The fourth-order valence-electron chi connectivity index (χ4n) is 2.23. The number of halogens is 4. The molecule has 0 atom stereocenters. The quantitative estimate of drug-likeness (QED) is 0.589. The van der Waals surface area contributed by atoms with Crippen LogP contribution in [0.3, 0.4) is 0 Å². The Labute approximate surface area is 139 Å². The first-order valence-electron chi connectivity index (χ1n) is 6.78. The molecule has 0 radical (unpaired) electrons. The summed E-state index contributed by atoms with van der Waals surface area (Å²) < 4.78 is 45.3. The molecule has 0 aliphatic rings. The van der Waals surface area contributed by atoms with Gasteiger partial charge in [0.1, 0.15) is 18.1 Å². The molecule has 0 N–H and O–H groups in total. The second-order valence-electron chi connectivity index (χ2n) is 4.90. The maximum atomic E-state index is 13.1. The molecule has 3 aromatic rings. The molecule has 6 heteroatoms. The van der Waals surface area contributed by atoms with Gasteiger partial charge in [-0.15, -0.1) is 0 Å². The zero-order valence-electron chi connectivity index (χ0n) is 11.8. The van der Waals surface area contributed by atoms with Crippen LogP contribution in [0.2, 0.25) is 0 Å². The highest BCUT2D eigenvalue weighted by atomic mass is 79.9. The second kappa shape index (κ2) is 6.20. The molecule has 0 bridgehead atoms. The zero-order chi connectivity index (χ0) is 16.4. The number of rotatable bonds is 3. The number of fused-ring (bicyclic) bond motifs is 1. The average molecular weight is 382 g/mol. The van der Waals surface area contributed by atoms with Crippen molar-refractivity contribution in [2.24, 2.45) is 0 Å². The predicted molar refractivity (Wildman–Crippen MR) is 85.2 cm³/mol. The number of hydrogen-bond acceptors (Lipinski definition) is 2. The van der Waals surface area contributed by atoms with Gasteiger partial charge < -0.3 is 4.74 Å². The van der Waals surface area contributed by atoms with Gasteiger partial charge in [0.2, 0.25) is 0 Å². The van der Waals surface area contributed by atoms with Crippen molar-refractivity contribution in [3.8, 4) is 5.75 Å². The van der Waals surface area contributed by atoms with Gasteiger partial charge in [-0.25, -0.2) is 4.98 Å². The van der Waals surface area contributed by atoms with Crippen LogP contribution in [0, 0.1) is 0 Å². The Balaban J connectivity index is 2.05. The van der Waals surface area contributed by atoms with Crippen molar-refractivity contribution in [3.63, 3.8) is 0 Å². The largest absolute Gasteiger partial charge is 0.489 e. The molecule has 0 spiro atoms. The molecule has 0 saturated carbocycles. The summed E-state index contributed by atoms with van der Waals surface area (Å²) in [5.74, 6) is 0.598. The van der Waals surface area contributed by atoms with Crippen molar-refractivity contribution in [2.75, 3.05) is 0 Å². The van der Waals surface area contributed by atoms with Crippen LogP contribution in [0.1, 0.15) is 11.3 Å². The van der Waals surface area contributed by atoms with Crippen LogP contribution in [-0.2, 0) is 12.8 Å². The first kappa shape index (κ1) is 15.8. The third kappa shape index (κ3) is 3.47. The smallest absolute Gasteiger partial charge is 0.433 e. The van der Waals surface area contributed by atoms with E-state index in [2.05, 4.69) is 20.9 Å². The molecule has 0 unspecified atom stereocenters. The third-order valence-corrected chi connectivity index (χ3v) is 3.94. The van der Waals surface area contributed by atoms with Gasteiger partial charge in [0, 0.05) is 15.4 Å². The molecular formula is C17H11BrF3NO. The fraction of sp³-hybridized carbons (Fsp3) is 0.118. The minimum absolute atomic E-state index is 0.0303. The summed E-state index contributed by atoms with van der Waals surface area (Å²) in [6.45, 7) is 0.0303. The fourth-order valence-corrected chi connectivity index (χ4v) is 2.68. The number of para-hydroxylation sites is 2. The first-order chi connectivity index (χ1) is 10.9. The molecule has 0 aliphatic heterocycles. The molecule has 0 amide bonds. The Morgan fingerprint density at radius 1 is 1.00 bits per heavy atom. The van der Waals surface area contributed by atoms with Gasteiger partial charge >= 0.3 is 6.18 Å². The lowest BCUT2D eigenvalue weighted by molar-refractivity contribution is -0.141. The zero-order valence-corrected chi connectivity index (χ0v) is 13.4. The van der Waals surface area contributed by atoms with Gasteiger partial charge in [-0.1, -0.05) is 30.3 Å². The van der Waals surface area contributed by atoms with Crippen LogP contribution in [0.5, 0.6) is 5.75 Å². The van der Waals surface area contributed by atoms with Crippen LogP contribution in [-0.4, -0.2) is 4.98 Å². The van der Waals surface area contributed by atoms with E-state index in [4.69, 9.17) is 4.74 Å². The number of alkyl halides is 3. The first-order valence-corrected chi connectivity index (χ1v) is 7.57. The van der Waals surface area contributed by atoms with Gasteiger partial charge in [0.15, 0.2) is 0 Å². The standard InChI is InChI=1S/C17H11BrF3NO/c18-14-8-4-7-13-11(10-23-12-5-2-1-3-6-12)9-15(17(19,20)21)22-16(13)14/h1-9H,10H2. The van der Waals surface area contributed by atoms with Gasteiger partial charge in [0.25, 0.3) is 0 Å². The number of hydrogen-bond donors (Lipinski definition) is 0. The van der Waals surface area contributed by atoms with Crippen LogP contribution < -0.4 is 4.74 Å². The average Bonchev–Trinajstić information content (AvgIpc) is 2.53. The number of pyridine rings is 1. The Morgan fingerprint density at radius 2 is 1.74 bits per heavy atom. The maximum absolute atomic E-state index is 13.1. The second-order valence-corrected chi connectivity index (χ2v) is 5.76. The van der Waals surface area contributed by atoms with Crippen molar-refractivity contribution in [2.45, 2.75) is 12.8 Å². The van der Waals surface area contributed by atoms with E-state index in [0.29, 0.717) is 21.2 Å². The Kier molecular flexibility index (Phi) is 4.26. The van der Waals surface area contributed by atoms with Crippen molar-refractivity contribution < 1.29 is 17.9 Å². The molecule has 0 aliphatic carbocycles. The number of ether oxygens (including phenoxy) is 1. The summed E-state index contributed by atoms with van der Waals surface area (Å²) in [6, 6.07) is 15.1. The van der Waals surface area contributed by atoms with Crippen molar-refractivity contribution in [1.82, 2.24) is 4.98 Å². The molecule has 1 aromatic heterocycles. The topological polar surface area (TPSA) is 22.1 Å². The predicted octanol–water partition coefficient (Wildman–Crippen LogP) is 5.60. The molecule has 3 rings (SSSR count). The summed E-state index contributed by atoms with van der Waals surface area (Å²) in [7, 11) is 0. The van der Waals surface area contributed by atoms with Crippen molar-refractivity contribution >= 4 is 26.8 Å². The van der Waals surface area contributed by atoms with Gasteiger partial charge in [0.05, 0.1) is 5.52 Å². The Hall–Kier alpha value is -2.08. The number of nitrogens with zero attached hydrogens (tertiary/aromatic N) is 1. The van der Waals surface area contributed by atoms with E-state index in [9.17, 15) is 13.2 Å². The summed E-state index contributed by atoms with van der Waals surface area (Å²) in [5.41, 5.74) is -0.218. The molecule has 118 valence electrons. The molecular weight excluding hydrogens is 371 g/mol. The molecule has 1 heterocycles. The van der Waals surface area contributed by atoms with E-state index in [1.54, 1.807) is 42.5 Å². The molecule has 2 aromatic carbocycles. The highest BCUT2D eigenvalue weighted by Gasteiger charge is 2.33. The van der Waals surface area contributed by atoms with Gasteiger partial charge in [-0.3, -0.25) is 0 Å². The Bertz CT molecular complexity index is 834. The van der Waals surface area contributed by atoms with Crippen molar-refractivity contribution in [1.29, 1.82) is 0 Å². The highest BCUT2D eigenvalue weighted by molar-refractivity contribution is 9.10. The maximum Gasteiger partial charge on any atom is 0.433 e. The molecule has 0 saturated heterocycles. The molecule has 0 fully saturated rings. The molecule has 23 heavy (non-hydrogen) atoms. The van der Waals surface area contributed by atoms with E-state index >= 15 is 0 Å². The highest BCUT2D eigenvalue weighted by Crippen LogP contribution is 2.33. The van der Waals surface area contributed by atoms with Crippen molar-refractivity contribution in [3.05, 3.63) is 70.3 Å². The van der Waals surface area contributed by atoms with Gasteiger partial charge in [-0.2, -0.15) is 13.2 Å². The summed E-state index contributed by atoms with van der Waals surface area (Å²) >= 11 is 3.26. The Morgan fingerprint density at radius 3 is 2.43 bits per heavy atom. The van der Waals surface area contributed by atoms with E-state index in [1.165, 1.54) is 0 Å². The lowest BCUT2D eigenvalue weighted by Crippen LogP contribution is -2.10. The third-order valence-electron chi connectivity index (χ3n) is 3.30.